The zero-order chi connectivity index (χ0) is 25.1. The van der Waals surface area contributed by atoms with Crippen LogP contribution in [0.2, 0.25) is 0 Å². The highest BCUT2D eigenvalue weighted by atomic mass is 35.5. The molecule has 2 aromatic heterocycles. The van der Waals surface area contributed by atoms with Crippen molar-refractivity contribution >= 4 is 22.1 Å². The van der Waals surface area contributed by atoms with E-state index in [1.165, 1.54) is 10.8 Å². The number of hydrogen-bond donors (Lipinski definition) is 2. The summed E-state index contributed by atoms with van der Waals surface area (Å²) >= 11 is 0. The Hall–Kier alpha value is -3.21. The molecular weight excluding hydrogens is 503 g/mol. The molecule has 1 unspecified atom stereocenters. The number of hydrogen-bond acceptors (Lipinski definition) is 5. The van der Waals surface area contributed by atoms with Crippen LogP contribution in [0, 0.1) is 24.4 Å². The lowest BCUT2D eigenvalue weighted by molar-refractivity contribution is 0.536. The van der Waals surface area contributed by atoms with Crippen molar-refractivity contribution in [3.05, 3.63) is 87.5 Å². The lowest BCUT2D eigenvalue weighted by Gasteiger charge is -2.21. The molecule has 0 amide bonds. The van der Waals surface area contributed by atoms with Crippen LogP contribution in [0.5, 0.6) is 0 Å². The Morgan fingerprint density at radius 2 is 1.69 bits per heavy atom. The molecule has 190 valence electrons. The van der Waals surface area contributed by atoms with Crippen LogP contribution in [-0.2, 0) is 16.1 Å². The SMILES string of the molecule is Cc1cc(-n2nc3c(c2-n2ccn(-c4ccc(S(C)(=N)=O)cc4)c2=O)[C@H](C)NCC3)cc(C)c1F.Cl. The fourth-order valence-corrected chi connectivity index (χ4v) is 5.32. The molecule has 2 atom stereocenters. The average Bonchev–Trinajstić information content (AvgIpc) is 3.37. The Morgan fingerprint density at radius 1 is 1.08 bits per heavy atom. The molecule has 4 aromatic rings. The van der Waals surface area contributed by atoms with Gasteiger partial charge in [-0.25, -0.2) is 22.9 Å². The number of imidazole rings is 1. The monoisotopic (exact) mass is 530 g/mol. The minimum Gasteiger partial charge on any atom is -0.310 e. The van der Waals surface area contributed by atoms with Crippen molar-refractivity contribution < 1.29 is 8.60 Å². The highest BCUT2D eigenvalue weighted by Crippen LogP contribution is 2.31. The molecule has 0 spiro atoms. The second-order valence-corrected chi connectivity index (χ2v) is 11.2. The van der Waals surface area contributed by atoms with Crippen LogP contribution < -0.4 is 11.0 Å². The van der Waals surface area contributed by atoms with E-state index in [1.54, 1.807) is 71.9 Å². The maximum absolute atomic E-state index is 14.4. The summed E-state index contributed by atoms with van der Waals surface area (Å²) in [4.78, 5) is 14.0. The lowest BCUT2D eigenvalue weighted by Crippen LogP contribution is -2.30. The molecule has 0 fully saturated rings. The normalized spacial score (nSPS) is 16.8. The highest BCUT2D eigenvalue weighted by Gasteiger charge is 2.29. The summed E-state index contributed by atoms with van der Waals surface area (Å²) in [6.07, 6.45) is 5.46. The third kappa shape index (κ3) is 4.29. The molecular formula is C25H28ClFN6O2S. The van der Waals surface area contributed by atoms with Gasteiger partial charge in [-0.3, -0.25) is 9.13 Å². The van der Waals surface area contributed by atoms with E-state index in [-0.39, 0.29) is 30.0 Å². The van der Waals surface area contributed by atoms with Crippen molar-refractivity contribution in [2.45, 2.75) is 38.1 Å². The molecule has 2 aromatic carbocycles. The van der Waals surface area contributed by atoms with Gasteiger partial charge >= 0.3 is 5.69 Å². The summed E-state index contributed by atoms with van der Waals surface area (Å²) in [5, 5.41) is 8.30. The van der Waals surface area contributed by atoms with Gasteiger partial charge < -0.3 is 5.32 Å². The molecule has 11 heteroatoms. The first-order valence-corrected chi connectivity index (χ1v) is 13.3. The molecule has 2 N–H and O–H groups in total. The predicted octanol–water partition coefficient (Wildman–Crippen LogP) is 4.23. The average molecular weight is 531 g/mol. The number of fused-ring (bicyclic) bond motifs is 1. The smallest absolute Gasteiger partial charge is 0.310 e. The maximum Gasteiger partial charge on any atom is 0.338 e. The van der Waals surface area contributed by atoms with Crippen LogP contribution in [0.3, 0.4) is 0 Å². The molecule has 0 radical (unpaired) electrons. The Morgan fingerprint density at radius 3 is 2.31 bits per heavy atom. The van der Waals surface area contributed by atoms with Gasteiger partial charge in [-0.15, -0.1) is 12.4 Å². The summed E-state index contributed by atoms with van der Waals surface area (Å²) in [5.74, 6) is 0.367. The van der Waals surface area contributed by atoms with Crippen LogP contribution in [0.15, 0.2) is 58.5 Å². The third-order valence-electron chi connectivity index (χ3n) is 6.45. The number of aryl methyl sites for hydroxylation is 2. The van der Waals surface area contributed by atoms with E-state index in [9.17, 15) is 13.4 Å². The summed E-state index contributed by atoms with van der Waals surface area (Å²) in [5.41, 5.74) is 3.86. The van der Waals surface area contributed by atoms with E-state index in [0.717, 1.165) is 24.2 Å². The quantitative estimate of drug-likeness (QED) is 0.412. The summed E-state index contributed by atoms with van der Waals surface area (Å²) in [7, 11) is -2.84. The predicted molar refractivity (Wildman–Crippen MR) is 140 cm³/mol. The van der Waals surface area contributed by atoms with Crippen molar-refractivity contribution in [1.29, 1.82) is 4.78 Å². The van der Waals surface area contributed by atoms with Crippen LogP contribution in [0.25, 0.3) is 17.2 Å². The number of nitrogens with one attached hydrogen (secondary N) is 2. The van der Waals surface area contributed by atoms with Gasteiger partial charge in [0, 0.05) is 48.1 Å². The van der Waals surface area contributed by atoms with E-state index >= 15 is 0 Å². The maximum atomic E-state index is 14.4. The van der Waals surface area contributed by atoms with E-state index in [2.05, 4.69) is 5.32 Å². The zero-order valence-corrected chi connectivity index (χ0v) is 22.0. The molecule has 0 saturated heterocycles. The number of aromatic nitrogens is 4. The largest absolute Gasteiger partial charge is 0.338 e. The van der Waals surface area contributed by atoms with Crippen LogP contribution in [0.1, 0.15) is 35.3 Å². The van der Waals surface area contributed by atoms with E-state index in [0.29, 0.717) is 33.2 Å². The molecule has 0 saturated carbocycles. The summed E-state index contributed by atoms with van der Waals surface area (Å²) in [6.45, 7) is 6.26. The molecule has 1 aliphatic rings. The number of benzene rings is 2. The van der Waals surface area contributed by atoms with E-state index < -0.39 is 9.73 Å². The fourth-order valence-electron chi connectivity index (χ4n) is 4.66. The van der Waals surface area contributed by atoms with Crippen molar-refractivity contribution in [2.75, 3.05) is 12.8 Å². The Labute approximate surface area is 215 Å². The van der Waals surface area contributed by atoms with Gasteiger partial charge in [0.25, 0.3) is 0 Å². The van der Waals surface area contributed by atoms with Crippen LogP contribution >= 0.6 is 12.4 Å². The lowest BCUT2D eigenvalue weighted by atomic mass is 10.0. The first-order chi connectivity index (χ1) is 16.6. The molecule has 8 nitrogen and oxygen atoms in total. The second-order valence-electron chi connectivity index (χ2n) is 9.07. The van der Waals surface area contributed by atoms with Crippen LogP contribution in [-0.4, -0.2) is 35.9 Å². The minimum absolute atomic E-state index is 0. The van der Waals surface area contributed by atoms with Gasteiger partial charge in [0.1, 0.15) is 11.6 Å². The van der Waals surface area contributed by atoms with Crippen molar-refractivity contribution in [2.24, 2.45) is 0 Å². The van der Waals surface area contributed by atoms with Crippen molar-refractivity contribution in [3.63, 3.8) is 0 Å². The van der Waals surface area contributed by atoms with Crippen LogP contribution in [0.4, 0.5) is 4.39 Å². The van der Waals surface area contributed by atoms with Gasteiger partial charge in [-0.1, -0.05) is 0 Å². The molecule has 3 heterocycles. The number of nitrogens with zero attached hydrogens (tertiary/aromatic N) is 4. The van der Waals surface area contributed by atoms with Crippen molar-refractivity contribution in [1.82, 2.24) is 24.2 Å². The molecule has 1 aliphatic heterocycles. The second kappa shape index (κ2) is 9.34. The fraction of sp³-hybridized carbons (Fsp3) is 0.280. The third-order valence-corrected chi connectivity index (χ3v) is 7.63. The first kappa shape index (κ1) is 25.9. The topological polar surface area (TPSA) is 97.7 Å². The highest BCUT2D eigenvalue weighted by molar-refractivity contribution is 7.91. The summed E-state index contributed by atoms with van der Waals surface area (Å²) in [6, 6.07) is 10.0. The van der Waals surface area contributed by atoms with Gasteiger partial charge in [0.05, 0.1) is 26.8 Å². The van der Waals surface area contributed by atoms with Gasteiger partial charge in [-0.2, -0.15) is 5.10 Å². The summed E-state index contributed by atoms with van der Waals surface area (Å²) < 4.78 is 38.9. The van der Waals surface area contributed by atoms with Gasteiger partial charge in [-0.05, 0) is 68.3 Å². The van der Waals surface area contributed by atoms with E-state index in [1.807, 2.05) is 6.92 Å². The molecule has 0 bridgehead atoms. The van der Waals surface area contributed by atoms with Crippen molar-refractivity contribution in [3.8, 4) is 17.2 Å². The number of rotatable bonds is 4. The molecule has 5 rings (SSSR count). The van der Waals surface area contributed by atoms with Gasteiger partial charge in [0.15, 0.2) is 0 Å². The van der Waals surface area contributed by atoms with E-state index in [4.69, 9.17) is 9.88 Å². The standard InChI is InChI=1S/C25H27FN6O2S.ClH/c1-15-13-19(14-16(2)23(15)26)32-24(22-17(3)28-10-9-21(22)29-32)31-12-11-30(25(31)33)18-5-7-20(8-6-18)35(4,27)34;/h5-8,11-14,17,27-28H,9-10H2,1-4H3;1H/t17-,35?;/m0./s1. The Balaban J connectivity index is 0.00000304. The zero-order valence-electron chi connectivity index (χ0n) is 20.4. The Bertz CT molecular complexity index is 1600. The number of halogens is 2. The molecule has 0 aliphatic carbocycles. The first-order valence-electron chi connectivity index (χ1n) is 11.3. The Kier molecular flexibility index (Phi) is 6.72. The minimum atomic E-state index is -2.84. The van der Waals surface area contributed by atoms with Gasteiger partial charge in [0.2, 0.25) is 0 Å². The molecule has 36 heavy (non-hydrogen) atoms.